The minimum Gasteiger partial charge on any atom is -0.328 e. The number of pyridine rings is 1. The first-order valence-electron chi connectivity index (χ1n) is 9.71. The Balaban J connectivity index is 1.79. The van der Waals surface area contributed by atoms with Crippen LogP contribution in [-0.2, 0) is 4.79 Å². The molecule has 1 aliphatic heterocycles. The van der Waals surface area contributed by atoms with Crippen molar-refractivity contribution in [2.75, 3.05) is 16.4 Å². The number of benzene rings is 1. The lowest BCUT2D eigenvalue weighted by Crippen LogP contribution is -2.31. The number of nitrogens with one attached hydrogen (secondary N) is 2. The Bertz CT molecular complexity index is 1150. The van der Waals surface area contributed by atoms with Gasteiger partial charge in [-0.05, 0) is 37.6 Å². The number of rotatable bonds is 6. The molecular formula is C21H20Cl2N6OS. The summed E-state index contributed by atoms with van der Waals surface area (Å²) in [5.41, 5.74) is 2.46. The molecule has 0 bridgehead atoms. The third-order valence-corrected chi connectivity index (χ3v) is 6.30. The molecule has 7 nitrogen and oxygen atoms in total. The second-order valence-electron chi connectivity index (χ2n) is 6.94. The fraction of sp³-hybridized carbons (Fsp3) is 0.238. The van der Waals surface area contributed by atoms with Gasteiger partial charge < -0.3 is 10.6 Å². The van der Waals surface area contributed by atoms with Crippen LogP contribution in [0.1, 0.15) is 31.9 Å². The number of anilines is 2. The van der Waals surface area contributed by atoms with Gasteiger partial charge in [-0.3, -0.25) is 9.78 Å². The first kappa shape index (κ1) is 21.7. The summed E-state index contributed by atoms with van der Waals surface area (Å²) in [5.74, 6) is 1.18. The number of allylic oxidation sites excluding steroid dienone is 1. The van der Waals surface area contributed by atoms with Crippen LogP contribution in [0.3, 0.4) is 0 Å². The van der Waals surface area contributed by atoms with Crippen LogP contribution in [0.15, 0.2) is 59.2 Å². The van der Waals surface area contributed by atoms with Crippen LogP contribution in [0.5, 0.6) is 0 Å². The largest absolute Gasteiger partial charge is 0.328 e. The van der Waals surface area contributed by atoms with Gasteiger partial charge in [0.1, 0.15) is 6.04 Å². The number of nitrogens with zero attached hydrogens (tertiary/aromatic N) is 4. The van der Waals surface area contributed by atoms with Crippen LogP contribution >= 0.6 is 35.0 Å². The van der Waals surface area contributed by atoms with Gasteiger partial charge in [0.2, 0.25) is 11.1 Å². The maximum Gasteiger partial charge on any atom is 0.255 e. The molecular weight excluding hydrogens is 455 g/mol. The van der Waals surface area contributed by atoms with Gasteiger partial charge in [0.15, 0.2) is 0 Å². The smallest absolute Gasteiger partial charge is 0.255 e. The van der Waals surface area contributed by atoms with Gasteiger partial charge in [-0.15, -0.1) is 5.10 Å². The maximum atomic E-state index is 13.4. The Hall–Kier alpha value is -2.55. The van der Waals surface area contributed by atoms with Gasteiger partial charge in [-0.2, -0.15) is 4.98 Å². The van der Waals surface area contributed by atoms with Crippen molar-refractivity contribution in [3.63, 3.8) is 0 Å². The number of fused-ring (bicyclic) bond motifs is 1. The Morgan fingerprint density at radius 1 is 1.32 bits per heavy atom. The molecule has 4 rings (SSSR count). The number of aromatic nitrogens is 4. The van der Waals surface area contributed by atoms with Crippen LogP contribution in [0.2, 0.25) is 10.0 Å². The quantitative estimate of drug-likeness (QED) is 0.464. The van der Waals surface area contributed by atoms with Gasteiger partial charge in [-0.25, -0.2) is 4.68 Å². The van der Waals surface area contributed by atoms with Gasteiger partial charge in [0, 0.05) is 33.3 Å². The molecule has 1 atom stereocenters. The van der Waals surface area contributed by atoms with Crippen molar-refractivity contribution in [3.8, 4) is 0 Å². The van der Waals surface area contributed by atoms with Crippen molar-refractivity contribution >= 4 is 52.5 Å². The third-order valence-electron chi connectivity index (χ3n) is 4.69. The summed E-state index contributed by atoms with van der Waals surface area (Å²) in [4.78, 5) is 22.0. The van der Waals surface area contributed by atoms with Crippen LogP contribution in [0.4, 0.5) is 11.6 Å². The summed E-state index contributed by atoms with van der Waals surface area (Å²) in [6.07, 6.45) is 4.25. The Morgan fingerprint density at radius 2 is 2.16 bits per heavy atom. The molecule has 31 heavy (non-hydrogen) atoms. The van der Waals surface area contributed by atoms with Crippen molar-refractivity contribution in [3.05, 3.63) is 69.6 Å². The molecule has 0 aliphatic carbocycles. The molecule has 0 saturated heterocycles. The van der Waals surface area contributed by atoms with E-state index in [-0.39, 0.29) is 5.91 Å². The van der Waals surface area contributed by atoms with E-state index in [4.69, 9.17) is 23.2 Å². The van der Waals surface area contributed by atoms with E-state index >= 15 is 0 Å². The zero-order valence-corrected chi connectivity index (χ0v) is 19.2. The number of halogens is 2. The van der Waals surface area contributed by atoms with Crippen molar-refractivity contribution in [2.45, 2.75) is 31.5 Å². The minimum absolute atomic E-state index is 0.280. The van der Waals surface area contributed by atoms with E-state index in [2.05, 4.69) is 32.6 Å². The molecule has 3 heterocycles. The first-order valence-corrected chi connectivity index (χ1v) is 11.5. The molecule has 160 valence electrons. The highest BCUT2D eigenvalue weighted by molar-refractivity contribution is 7.99. The molecule has 0 spiro atoms. The Labute approximate surface area is 194 Å². The van der Waals surface area contributed by atoms with Gasteiger partial charge >= 0.3 is 0 Å². The van der Waals surface area contributed by atoms with Gasteiger partial charge in [-0.1, -0.05) is 48.0 Å². The fourth-order valence-electron chi connectivity index (χ4n) is 3.33. The standard InChI is InChI=1S/C21H20Cl2N6OS/c1-3-9-31-21-27-20-25-12(2)17(19(30)26-14-5-4-8-24-11-14)18(29(20)28-21)15-7-6-13(22)10-16(15)23/h4-8,10-11,18H,3,9H2,1-2H3,(H,26,30)(H,25,27,28). The molecule has 0 radical (unpaired) electrons. The predicted molar refractivity (Wildman–Crippen MR) is 125 cm³/mol. The predicted octanol–water partition coefficient (Wildman–Crippen LogP) is 5.41. The van der Waals surface area contributed by atoms with Crippen molar-refractivity contribution < 1.29 is 4.79 Å². The average molecular weight is 475 g/mol. The molecule has 3 aromatic rings. The molecule has 2 aromatic heterocycles. The maximum absolute atomic E-state index is 13.4. The molecule has 1 unspecified atom stereocenters. The number of hydrogen-bond acceptors (Lipinski definition) is 6. The van der Waals surface area contributed by atoms with Crippen LogP contribution in [0, 0.1) is 0 Å². The third kappa shape index (κ3) is 4.56. The molecule has 1 aliphatic rings. The van der Waals surface area contributed by atoms with Crippen LogP contribution in [-0.4, -0.2) is 31.4 Å². The van der Waals surface area contributed by atoms with Gasteiger partial charge in [0.25, 0.3) is 5.91 Å². The monoisotopic (exact) mass is 474 g/mol. The molecule has 0 fully saturated rings. The van der Waals surface area contributed by atoms with E-state index in [1.807, 2.05) is 13.0 Å². The van der Waals surface area contributed by atoms with Crippen molar-refractivity contribution in [1.82, 2.24) is 19.7 Å². The lowest BCUT2D eigenvalue weighted by atomic mass is 9.95. The lowest BCUT2D eigenvalue weighted by Gasteiger charge is -2.29. The zero-order chi connectivity index (χ0) is 22.0. The highest BCUT2D eigenvalue weighted by Crippen LogP contribution is 2.40. The van der Waals surface area contributed by atoms with E-state index in [9.17, 15) is 4.79 Å². The highest BCUT2D eigenvalue weighted by atomic mass is 35.5. The number of carbonyl (C=O) groups excluding carboxylic acids is 1. The first-order chi connectivity index (χ1) is 15.0. The van der Waals surface area contributed by atoms with E-state index in [0.717, 1.165) is 12.2 Å². The summed E-state index contributed by atoms with van der Waals surface area (Å²) in [6, 6.07) is 8.20. The minimum atomic E-state index is -0.568. The Kier molecular flexibility index (Phi) is 6.50. The Morgan fingerprint density at radius 3 is 2.87 bits per heavy atom. The van der Waals surface area contributed by atoms with Crippen molar-refractivity contribution in [1.29, 1.82) is 0 Å². The normalized spacial score (nSPS) is 15.4. The van der Waals surface area contributed by atoms with E-state index in [0.29, 0.717) is 43.7 Å². The van der Waals surface area contributed by atoms with E-state index < -0.39 is 6.04 Å². The van der Waals surface area contributed by atoms with Crippen molar-refractivity contribution in [2.24, 2.45) is 0 Å². The molecule has 0 saturated carbocycles. The number of hydrogen-bond donors (Lipinski definition) is 2. The van der Waals surface area contributed by atoms with Crippen LogP contribution in [0.25, 0.3) is 0 Å². The number of thioether (sulfide) groups is 1. The summed E-state index contributed by atoms with van der Waals surface area (Å²) in [5, 5.41) is 12.4. The number of carbonyl (C=O) groups is 1. The van der Waals surface area contributed by atoms with E-state index in [1.165, 1.54) is 0 Å². The molecule has 1 amide bonds. The second-order valence-corrected chi connectivity index (χ2v) is 8.84. The highest BCUT2D eigenvalue weighted by Gasteiger charge is 2.35. The molecule has 1 aromatic carbocycles. The summed E-state index contributed by atoms with van der Waals surface area (Å²) in [7, 11) is 0. The lowest BCUT2D eigenvalue weighted by molar-refractivity contribution is -0.113. The van der Waals surface area contributed by atoms with Crippen LogP contribution < -0.4 is 10.6 Å². The topological polar surface area (TPSA) is 84.7 Å². The average Bonchev–Trinajstić information content (AvgIpc) is 3.14. The van der Waals surface area contributed by atoms with Gasteiger partial charge in [0.05, 0.1) is 17.5 Å². The summed E-state index contributed by atoms with van der Waals surface area (Å²) < 4.78 is 1.71. The summed E-state index contributed by atoms with van der Waals surface area (Å²) in [6.45, 7) is 3.94. The second kappa shape index (κ2) is 9.30. The number of amides is 1. The molecule has 2 N–H and O–H groups in total. The SMILES string of the molecule is CCCSc1nc2n(n1)C(c1ccc(Cl)cc1Cl)C(C(=O)Nc1cccnc1)=C(C)N2. The summed E-state index contributed by atoms with van der Waals surface area (Å²) >= 11 is 14.2. The zero-order valence-electron chi connectivity index (χ0n) is 16.9. The molecule has 10 heteroatoms. The van der Waals surface area contributed by atoms with E-state index in [1.54, 1.807) is 53.1 Å². The fourth-order valence-corrected chi connectivity index (χ4v) is 4.52.